The van der Waals surface area contributed by atoms with Crippen LogP contribution in [0.1, 0.15) is 35.0 Å². The molecule has 0 aliphatic carbocycles. The lowest BCUT2D eigenvalue weighted by atomic mass is 10.1. The summed E-state index contributed by atoms with van der Waals surface area (Å²) in [6.45, 7) is 2.01. The quantitative estimate of drug-likeness (QED) is 0.722. The van der Waals surface area contributed by atoms with E-state index >= 15 is 0 Å². The van der Waals surface area contributed by atoms with Gasteiger partial charge in [-0.2, -0.15) is 10.2 Å². The van der Waals surface area contributed by atoms with Crippen molar-refractivity contribution < 1.29 is 4.42 Å². The highest BCUT2D eigenvalue weighted by Crippen LogP contribution is 2.24. The topological polar surface area (TPSA) is 61.9 Å². The third-order valence-electron chi connectivity index (χ3n) is 3.33. The lowest BCUT2D eigenvalue weighted by Gasteiger charge is -2.12. The van der Waals surface area contributed by atoms with E-state index in [0.29, 0.717) is 11.8 Å². The van der Waals surface area contributed by atoms with Crippen LogP contribution in [0.2, 0.25) is 0 Å². The van der Waals surface area contributed by atoms with Gasteiger partial charge in [0.05, 0.1) is 6.04 Å². The minimum absolute atomic E-state index is 0.0189. The molecule has 0 aliphatic rings. The number of benzene rings is 1. The van der Waals surface area contributed by atoms with E-state index in [1.165, 1.54) is 0 Å². The van der Waals surface area contributed by atoms with Gasteiger partial charge in [0.15, 0.2) is 0 Å². The minimum atomic E-state index is 0.0189. The molecule has 1 N–H and O–H groups in total. The van der Waals surface area contributed by atoms with E-state index in [-0.39, 0.29) is 11.7 Å². The summed E-state index contributed by atoms with van der Waals surface area (Å²) >= 11 is 1.63. The van der Waals surface area contributed by atoms with Gasteiger partial charge in [0, 0.05) is 11.0 Å². The molecule has 1 aromatic carbocycles. The van der Waals surface area contributed by atoms with Gasteiger partial charge in [0.2, 0.25) is 17.5 Å². The van der Waals surface area contributed by atoms with Crippen LogP contribution in [0.4, 0.5) is 5.88 Å². The van der Waals surface area contributed by atoms with Crippen molar-refractivity contribution in [2.75, 3.05) is 5.32 Å². The standard InChI is InChI=1S/C18H15N3OS/c1-13(14-6-3-2-4-7-14)20-18-16(12-19)21-17(22-18)10-9-15-8-5-11-23-15/h2-11,13,20H,1H3/b10-9+/t13-/m0/s1. The minimum Gasteiger partial charge on any atom is -0.420 e. The first kappa shape index (κ1) is 15.1. The number of hydrogen-bond donors (Lipinski definition) is 1. The normalized spacial score (nSPS) is 12.2. The van der Waals surface area contributed by atoms with Crippen LogP contribution < -0.4 is 5.32 Å². The summed E-state index contributed by atoms with van der Waals surface area (Å²) in [6, 6.07) is 16.1. The second-order valence-electron chi connectivity index (χ2n) is 4.97. The second-order valence-corrected chi connectivity index (χ2v) is 5.95. The van der Waals surface area contributed by atoms with Crippen LogP contribution in [0.3, 0.4) is 0 Å². The first-order chi connectivity index (χ1) is 11.3. The van der Waals surface area contributed by atoms with E-state index in [4.69, 9.17) is 4.42 Å². The zero-order valence-electron chi connectivity index (χ0n) is 12.6. The van der Waals surface area contributed by atoms with Gasteiger partial charge in [-0.3, -0.25) is 0 Å². The molecule has 2 heterocycles. The molecule has 4 nitrogen and oxygen atoms in total. The molecule has 0 bridgehead atoms. The van der Waals surface area contributed by atoms with Crippen LogP contribution >= 0.6 is 11.3 Å². The van der Waals surface area contributed by atoms with Crippen LogP contribution in [0, 0.1) is 11.3 Å². The molecule has 0 amide bonds. The fourth-order valence-electron chi connectivity index (χ4n) is 2.14. The Bertz CT molecular complexity index is 829. The molecule has 0 saturated heterocycles. The molecule has 0 aliphatic heterocycles. The largest absolute Gasteiger partial charge is 0.420 e. The molecule has 0 unspecified atom stereocenters. The number of hydrogen-bond acceptors (Lipinski definition) is 5. The molecule has 114 valence electrons. The van der Waals surface area contributed by atoms with Crippen molar-refractivity contribution >= 4 is 29.4 Å². The third kappa shape index (κ3) is 3.68. The smallest absolute Gasteiger partial charge is 0.233 e. The summed E-state index contributed by atoms with van der Waals surface area (Å²) in [4.78, 5) is 5.31. The lowest BCUT2D eigenvalue weighted by molar-refractivity contribution is 0.552. The highest BCUT2D eigenvalue weighted by atomic mass is 32.1. The van der Waals surface area contributed by atoms with E-state index in [9.17, 15) is 5.26 Å². The van der Waals surface area contributed by atoms with Crippen LogP contribution in [0.25, 0.3) is 12.2 Å². The van der Waals surface area contributed by atoms with Crippen LogP contribution in [-0.2, 0) is 0 Å². The number of anilines is 1. The maximum Gasteiger partial charge on any atom is 0.233 e. The van der Waals surface area contributed by atoms with Crippen molar-refractivity contribution in [1.82, 2.24) is 4.98 Å². The van der Waals surface area contributed by atoms with Crippen molar-refractivity contribution in [3.63, 3.8) is 0 Å². The average molecular weight is 321 g/mol. The molecule has 3 aromatic rings. The predicted octanol–water partition coefficient (Wildman–Crippen LogP) is 4.95. The highest BCUT2D eigenvalue weighted by Gasteiger charge is 2.14. The lowest BCUT2D eigenvalue weighted by Crippen LogP contribution is -2.06. The number of thiophene rings is 1. The van der Waals surface area contributed by atoms with Crippen molar-refractivity contribution in [3.05, 3.63) is 69.9 Å². The molecule has 1 atom stereocenters. The van der Waals surface area contributed by atoms with E-state index in [1.54, 1.807) is 17.4 Å². The number of rotatable bonds is 5. The first-order valence-electron chi connectivity index (χ1n) is 7.20. The van der Waals surface area contributed by atoms with Gasteiger partial charge >= 0.3 is 0 Å². The van der Waals surface area contributed by atoms with E-state index in [1.807, 2.05) is 60.8 Å². The summed E-state index contributed by atoms with van der Waals surface area (Å²) in [5, 5.41) is 14.4. The van der Waals surface area contributed by atoms with Gasteiger partial charge in [-0.15, -0.1) is 11.3 Å². The molecule has 0 spiro atoms. The molecule has 5 heteroatoms. The van der Waals surface area contributed by atoms with Gasteiger partial charge in [-0.25, -0.2) is 0 Å². The third-order valence-corrected chi connectivity index (χ3v) is 4.17. The summed E-state index contributed by atoms with van der Waals surface area (Å²) in [6.07, 6.45) is 3.69. The Morgan fingerprint density at radius 2 is 2.04 bits per heavy atom. The van der Waals surface area contributed by atoms with E-state index < -0.39 is 0 Å². The molecule has 2 aromatic heterocycles. The van der Waals surface area contributed by atoms with Crippen molar-refractivity contribution in [3.8, 4) is 6.07 Å². The number of nitriles is 1. The SMILES string of the molecule is C[C@H](Nc1oc(/C=C/c2cccs2)nc1C#N)c1ccccc1. The molecule has 0 fully saturated rings. The second kappa shape index (κ2) is 6.95. The Morgan fingerprint density at radius 1 is 1.22 bits per heavy atom. The number of aromatic nitrogens is 1. The zero-order valence-corrected chi connectivity index (χ0v) is 13.4. The predicted molar refractivity (Wildman–Crippen MR) is 92.9 cm³/mol. The van der Waals surface area contributed by atoms with E-state index in [2.05, 4.69) is 16.4 Å². The summed E-state index contributed by atoms with van der Waals surface area (Å²) in [7, 11) is 0. The number of nitrogens with one attached hydrogen (secondary N) is 1. The van der Waals surface area contributed by atoms with Crippen molar-refractivity contribution in [2.24, 2.45) is 0 Å². The Morgan fingerprint density at radius 3 is 2.74 bits per heavy atom. The monoisotopic (exact) mass is 321 g/mol. The Labute approximate surface area is 138 Å². The molecule has 0 radical (unpaired) electrons. The van der Waals surface area contributed by atoms with Gasteiger partial charge in [0.25, 0.3) is 0 Å². The molecule has 3 rings (SSSR count). The molecular weight excluding hydrogens is 306 g/mol. The van der Waals surface area contributed by atoms with Crippen LogP contribution in [0.15, 0.2) is 52.3 Å². The molecule has 23 heavy (non-hydrogen) atoms. The highest BCUT2D eigenvalue weighted by molar-refractivity contribution is 7.10. The zero-order chi connectivity index (χ0) is 16.1. The average Bonchev–Trinajstić information content (AvgIpc) is 3.23. The number of oxazole rings is 1. The van der Waals surface area contributed by atoms with Gasteiger partial charge < -0.3 is 9.73 Å². The van der Waals surface area contributed by atoms with Crippen molar-refractivity contribution in [1.29, 1.82) is 5.26 Å². The summed E-state index contributed by atoms with van der Waals surface area (Å²) < 4.78 is 5.67. The number of nitrogens with zero attached hydrogens (tertiary/aromatic N) is 2. The Kier molecular flexibility index (Phi) is 4.55. The summed E-state index contributed by atoms with van der Waals surface area (Å²) in [5.74, 6) is 0.812. The fraction of sp³-hybridized carbons (Fsp3) is 0.111. The molecular formula is C18H15N3OS. The summed E-state index contributed by atoms with van der Waals surface area (Å²) in [5.41, 5.74) is 1.38. The Balaban J connectivity index is 1.78. The Hall–Kier alpha value is -2.84. The van der Waals surface area contributed by atoms with Gasteiger partial charge in [-0.05, 0) is 30.0 Å². The van der Waals surface area contributed by atoms with Crippen LogP contribution in [0.5, 0.6) is 0 Å². The maximum absolute atomic E-state index is 9.23. The van der Waals surface area contributed by atoms with Gasteiger partial charge in [0.1, 0.15) is 6.07 Å². The molecule has 0 saturated carbocycles. The van der Waals surface area contributed by atoms with Crippen LogP contribution in [-0.4, -0.2) is 4.98 Å². The fourth-order valence-corrected chi connectivity index (χ4v) is 2.76. The maximum atomic E-state index is 9.23. The first-order valence-corrected chi connectivity index (χ1v) is 8.08. The van der Waals surface area contributed by atoms with Gasteiger partial charge in [-0.1, -0.05) is 36.4 Å². The van der Waals surface area contributed by atoms with Crippen molar-refractivity contribution in [2.45, 2.75) is 13.0 Å². The van der Waals surface area contributed by atoms with E-state index in [0.717, 1.165) is 10.4 Å².